The Morgan fingerprint density at radius 1 is 1.42 bits per heavy atom. The lowest BCUT2D eigenvalue weighted by atomic mass is 9.79. The van der Waals surface area contributed by atoms with Crippen molar-refractivity contribution in [2.24, 2.45) is 11.8 Å². The normalized spacial score (nSPS) is 27.1. The molecule has 0 saturated carbocycles. The molecule has 2 atom stereocenters. The van der Waals surface area contributed by atoms with Gasteiger partial charge < -0.3 is 5.11 Å². The van der Waals surface area contributed by atoms with Crippen LogP contribution < -0.4 is 0 Å². The molecule has 0 aromatic heterocycles. The fraction of sp³-hybridized carbons (Fsp3) is 0.818. The Morgan fingerprint density at radius 2 is 2.08 bits per heavy atom. The predicted molar refractivity (Wildman–Crippen MR) is 51.9 cm³/mol. The fourth-order valence-electron chi connectivity index (χ4n) is 2.11. The van der Waals surface area contributed by atoms with Crippen molar-refractivity contribution in [3.05, 3.63) is 11.6 Å². The van der Waals surface area contributed by atoms with Gasteiger partial charge in [0.05, 0.1) is 6.10 Å². The second-order valence-corrected chi connectivity index (χ2v) is 4.14. The monoisotopic (exact) mass is 168 g/mol. The molecule has 1 heteroatoms. The van der Waals surface area contributed by atoms with Gasteiger partial charge in [-0.1, -0.05) is 25.5 Å². The van der Waals surface area contributed by atoms with Gasteiger partial charge in [0.2, 0.25) is 0 Å². The summed E-state index contributed by atoms with van der Waals surface area (Å²) >= 11 is 0. The summed E-state index contributed by atoms with van der Waals surface area (Å²) < 4.78 is 0. The van der Waals surface area contributed by atoms with E-state index in [1.807, 2.05) is 6.92 Å². The molecule has 0 amide bonds. The molecule has 0 aromatic carbocycles. The lowest BCUT2D eigenvalue weighted by molar-refractivity contribution is 0.129. The lowest BCUT2D eigenvalue weighted by Crippen LogP contribution is -2.23. The van der Waals surface area contributed by atoms with Gasteiger partial charge in [-0.2, -0.15) is 0 Å². The summed E-state index contributed by atoms with van der Waals surface area (Å²) in [5.74, 6) is 1.03. The van der Waals surface area contributed by atoms with Crippen molar-refractivity contribution in [1.82, 2.24) is 0 Å². The summed E-state index contributed by atoms with van der Waals surface area (Å²) in [6.07, 6.45) is 5.77. The molecule has 1 N–H and O–H groups in total. The number of aliphatic hydroxyl groups excluding tert-OH is 1. The molecule has 0 aromatic rings. The van der Waals surface area contributed by atoms with Crippen molar-refractivity contribution in [2.75, 3.05) is 0 Å². The van der Waals surface area contributed by atoms with Crippen LogP contribution in [-0.4, -0.2) is 11.2 Å². The van der Waals surface area contributed by atoms with E-state index in [2.05, 4.69) is 19.9 Å². The number of hydrogen-bond donors (Lipinski definition) is 1. The Bertz CT molecular complexity index is 168. The Hall–Kier alpha value is -0.300. The van der Waals surface area contributed by atoms with Crippen molar-refractivity contribution in [3.8, 4) is 0 Å². The van der Waals surface area contributed by atoms with Crippen LogP contribution in [0.1, 0.15) is 40.0 Å². The molecule has 1 nitrogen and oxygen atoms in total. The molecule has 0 saturated heterocycles. The Balaban J connectivity index is 2.71. The first kappa shape index (κ1) is 9.79. The highest BCUT2D eigenvalue weighted by atomic mass is 16.3. The molecular formula is C11H20O. The quantitative estimate of drug-likeness (QED) is 0.629. The third-order valence-electron chi connectivity index (χ3n) is 2.78. The number of rotatable bonds is 2. The van der Waals surface area contributed by atoms with Gasteiger partial charge in [0.15, 0.2) is 0 Å². The average molecular weight is 168 g/mol. The largest absolute Gasteiger partial charge is 0.393 e. The van der Waals surface area contributed by atoms with Crippen LogP contribution in [0.2, 0.25) is 0 Å². The SMILES string of the molecule is CC(C)C1=CCCCC1[C@H](C)O. The molecule has 1 rings (SSSR count). The fourth-order valence-corrected chi connectivity index (χ4v) is 2.11. The van der Waals surface area contributed by atoms with Crippen LogP contribution in [0.5, 0.6) is 0 Å². The molecule has 70 valence electrons. The first-order chi connectivity index (χ1) is 5.63. The first-order valence-corrected chi connectivity index (χ1v) is 5.01. The van der Waals surface area contributed by atoms with Crippen LogP contribution in [-0.2, 0) is 0 Å². The van der Waals surface area contributed by atoms with E-state index in [9.17, 15) is 5.11 Å². The highest BCUT2D eigenvalue weighted by Crippen LogP contribution is 2.32. The van der Waals surface area contributed by atoms with Gasteiger partial charge in [0.1, 0.15) is 0 Å². The van der Waals surface area contributed by atoms with E-state index in [1.54, 1.807) is 0 Å². The summed E-state index contributed by atoms with van der Waals surface area (Å²) in [7, 11) is 0. The molecule has 0 radical (unpaired) electrons. The second-order valence-electron chi connectivity index (χ2n) is 4.14. The zero-order chi connectivity index (χ0) is 9.14. The van der Waals surface area contributed by atoms with Crippen LogP contribution in [0.25, 0.3) is 0 Å². The molecule has 0 bridgehead atoms. The minimum Gasteiger partial charge on any atom is -0.393 e. The van der Waals surface area contributed by atoms with E-state index in [0.717, 1.165) is 0 Å². The summed E-state index contributed by atoms with van der Waals surface area (Å²) in [4.78, 5) is 0. The molecule has 1 aliphatic carbocycles. The zero-order valence-electron chi connectivity index (χ0n) is 8.38. The van der Waals surface area contributed by atoms with Gasteiger partial charge in [-0.3, -0.25) is 0 Å². The zero-order valence-corrected chi connectivity index (χ0v) is 8.38. The maximum atomic E-state index is 9.56. The third kappa shape index (κ3) is 2.10. The standard InChI is InChI=1S/C11H20O/c1-8(2)10-6-4-5-7-11(10)9(3)12/h6,8-9,11-12H,4-5,7H2,1-3H3/t9-,11?/m0/s1. The number of aliphatic hydroxyl groups is 1. The summed E-state index contributed by atoms with van der Waals surface area (Å²) in [5.41, 5.74) is 1.47. The van der Waals surface area contributed by atoms with E-state index in [4.69, 9.17) is 0 Å². The van der Waals surface area contributed by atoms with E-state index < -0.39 is 0 Å². The number of hydrogen-bond acceptors (Lipinski definition) is 1. The van der Waals surface area contributed by atoms with Crippen molar-refractivity contribution >= 4 is 0 Å². The Morgan fingerprint density at radius 3 is 2.50 bits per heavy atom. The van der Waals surface area contributed by atoms with E-state index >= 15 is 0 Å². The van der Waals surface area contributed by atoms with Crippen LogP contribution in [0.3, 0.4) is 0 Å². The molecule has 1 aliphatic rings. The summed E-state index contributed by atoms with van der Waals surface area (Å²) in [6, 6.07) is 0. The van der Waals surface area contributed by atoms with E-state index in [0.29, 0.717) is 11.8 Å². The minimum atomic E-state index is -0.168. The molecule has 0 fully saturated rings. The smallest absolute Gasteiger partial charge is 0.0577 e. The van der Waals surface area contributed by atoms with Gasteiger partial charge in [-0.25, -0.2) is 0 Å². The first-order valence-electron chi connectivity index (χ1n) is 5.01. The van der Waals surface area contributed by atoms with Crippen molar-refractivity contribution < 1.29 is 5.11 Å². The average Bonchev–Trinajstić information content (AvgIpc) is 2.04. The Labute approximate surface area is 75.5 Å². The lowest BCUT2D eigenvalue weighted by Gasteiger charge is -2.29. The van der Waals surface area contributed by atoms with Crippen LogP contribution in [0.15, 0.2) is 11.6 Å². The van der Waals surface area contributed by atoms with E-state index in [-0.39, 0.29) is 6.10 Å². The summed E-state index contributed by atoms with van der Waals surface area (Å²) in [6.45, 7) is 6.34. The van der Waals surface area contributed by atoms with Gasteiger partial charge in [-0.15, -0.1) is 0 Å². The van der Waals surface area contributed by atoms with E-state index in [1.165, 1.54) is 24.8 Å². The summed E-state index contributed by atoms with van der Waals surface area (Å²) in [5, 5.41) is 9.56. The third-order valence-corrected chi connectivity index (χ3v) is 2.78. The molecule has 0 spiro atoms. The van der Waals surface area contributed by atoms with Crippen LogP contribution >= 0.6 is 0 Å². The predicted octanol–water partition coefficient (Wildman–Crippen LogP) is 2.75. The molecule has 1 unspecified atom stereocenters. The van der Waals surface area contributed by atoms with Crippen molar-refractivity contribution in [1.29, 1.82) is 0 Å². The Kier molecular flexibility index (Phi) is 3.33. The highest BCUT2D eigenvalue weighted by molar-refractivity contribution is 5.13. The minimum absolute atomic E-state index is 0.168. The maximum absolute atomic E-state index is 9.56. The highest BCUT2D eigenvalue weighted by Gasteiger charge is 2.23. The molecule has 0 aliphatic heterocycles. The molecular weight excluding hydrogens is 148 g/mol. The second kappa shape index (κ2) is 4.08. The van der Waals surface area contributed by atoms with Gasteiger partial charge in [0, 0.05) is 5.92 Å². The van der Waals surface area contributed by atoms with Gasteiger partial charge in [0.25, 0.3) is 0 Å². The van der Waals surface area contributed by atoms with Gasteiger partial charge in [-0.05, 0) is 32.1 Å². The number of allylic oxidation sites excluding steroid dienone is 1. The topological polar surface area (TPSA) is 20.2 Å². The van der Waals surface area contributed by atoms with Crippen molar-refractivity contribution in [3.63, 3.8) is 0 Å². The van der Waals surface area contributed by atoms with Crippen LogP contribution in [0, 0.1) is 11.8 Å². The van der Waals surface area contributed by atoms with Crippen molar-refractivity contribution in [2.45, 2.75) is 46.1 Å². The molecule has 0 heterocycles. The molecule has 12 heavy (non-hydrogen) atoms. The van der Waals surface area contributed by atoms with Gasteiger partial charge >= 0.3 is 0 Å². The maximum Gasteiger partial charge on any atom is 0.0577 e. The van der Waals surface area contributed by atoms with Crippen LogP contribution in [0.4, 0.5) is 0 Å².